The van der Waals surface area contributed by atoms with E-state index in [-0.39, 0.29) is 10.7 Å². The van der Waals surface area contributed by atoms with Crippen molar-refractivity contribution in [2.75, 3.05) is 0 Å². The summed E-state index contributed by atoms with van der Waals surface area (Å²) in [6, 6.07) is 5.73. The summed E-state index contributed by atoms with van der Waals surface area (Å²) in [4.78, 5) is 22.3. The van der Waals surface area contributed by atoms with Crippen molar-refractivity contribution in [3.63, 3.8) is 0 Å². The molecule has 140 valence electrons. The van der Waals surface area contributed by atoms with Gasteiger partial charge in [-0.3, -0.25) is 4.79 Å². The average molecular weight is 387 g/mol. The van der Waals surface area contributed by atoms with Crippen LogP contribution >= 0.6 is 0 Å². The van der Waals surface area contributed by atoms with Crippen LogP contribution in [0, 0.1) is 5.82 Å². The Labute approximate surface area is 154 Å². The fraction of sp³-hybridized carbons (Fsp3) is 0.263. The largest absolute Gasteiger partial charge is 0.329 e. The molecule has 8 heteroatoms. The number of hydrogen-bond donors (Lipinski definition) is 2. The Morgan fingerprint density at radius 3 is 2.56 bits per heavy atom. The highest BCUT2D eigenvalue weighted by Crippen LogP contribution is 2.33. The van der Waals surface area contributed by atoms with Gasteiger partial charge < -0.3 is 9.97 Å². The van der Waals surface area contributed by atoms with Gasteiger partial charge in [0.25, 0.3) is 5.56 Å². The SMILES string of the molecule is CCC(CC)S(=O)(=O)c1nc2c3ccc(F)cc3c3c(=O)[nH]ccc3c2[nH]1. The number of sulfone groups is 1. The highest BCUT2D eigenvalue weighted by Gasteiger charge is 2.28. The zero-order valence-electron chi connectivity index (χ0n) is 14.8. The molecule has 0 atom stereocenters. The number of aromatic nitrogens is 3. The van der Waals surface area contributed by atoms with Crippen LogP contribution in [0.15, 0.2) is 40.4 Å². The maximum Gasteiger partial charge on any atom is 0.256 e. The second-order valence-corrected chi connectivity index (χ2v) is 8.68. The monoisotopic (exact) mass is 387 g/mol. The topological polar surface area (TPSA) is 95.7 Å². The number of hydrogen-bond acceptors (Lipinski definition) is 4. The van der Waals surface area contributed by atoms with Gasteiger partial charge in [0.1, 0.15) is 5.82 Å². The van der Waals surface area contributed by atoms with Gasteiger partial charge in [0.05, 0.1) is 21.7 Å². The summed E-state index contributed by atoms with van der Waals surface area (Å²) in [7, 11) is -3.65. The number of halogens is 1. The van der Waals surface area contributed by atoms with Gasteiger partial charge in [0.2, 0.25) is 15.0 Å². The van der Waals surface area contributed by atoms with Gasteiger partial charge in [-0.2, -0.15) is 0 Å². The fourth-order valence-corrected chi connectivity index (χ4v) is 5.30. The van der Waals surface area contributed by atoms with Gasteiger partial charge in [-0.05, 0) is 37.1 Å². The predicted octanol–water partition coefficient (Wildman–Crippen LogP) is 3.66. The molecule has 2 heterocycles. The van der Waals surface area contributed by atoms with Gasteiger partial charge in [-0.25, -0.2) is 17.8 Å². The first kappa shape index (κ1) is 17.7. The highest BCUT2D eigenvalue weighted by atomic mass is 32.2. The highest BCUT2D eigenvalue weighted by molar-refractivity contribution is 7.91. The smallest absolute Gasteiger partial charge is 0.256 e. The van der Waals surface area contributed by atoms with Gasteiger partial charge in [0.15, 0.2) is 0 Å². The van der Waals surface area contributed by atoms with E-state index in [1.54, 1.807) is 6.07 Å². The van der Waals surface area contributed by atoms with Crippen LogP contribution in [0.4, 0.5) is 4.39 Å². The predicted molar refractivity (Wildman–Crippen MR) is 103 cm³/mol. The van der Waals surface area contributed by atoms with Gasteiger partial charge in [0, 0.05) is 22.4 Å². The zero-order valence-corrected chi connectivity index (χ0v) is 15.7. The number of fused-ring (bicyclic) bond motifs is 6. The summed E-state index contributed by atoms with van der Waals surface area (Å²) in [5.74, 6) is -0.480. The maximum absolute atomic E-state index is 13.9. The second kappa shape index (κ2) is 6.16. The lowest BCUT2D eigenvalue weighted by Crippen LogP contribution is -2.20. The first-order valence-electron chi connectivity index (χ1n) is 8.74. The van der Waals surface area contributed by atoms with Crippen molar-refractivity contribution in [2.24, 2.45) is 0 Å². The van der Waals surface area contributed by atoms with E-state index in [9.17, 15) is 17.6 Å². The number of H-pyrrole nitrogens is 2. The summed E-state index contributed by atoms with van der Waals surface area (Å²) in [6.45, 7) is 3.64. The number of aromatic amines is 2. The normalized spacial score (nSPS) is 12.6. The van der Waals surface area contributed by atoms with Crippen LogP contribution < -0.4 is 5.56 Å². The van der Waals surface area contributed by atoms with Crippen LogP contribution in [0.3, 0.4) is 0 Å². The van der Waals surface area contributed by atoms with Gasteiger partial charge in [-0.1, -0.05) is 13.8 Å². The number of benzene rings is 2. The van der Waals surface area contributed by atoms with Crippen LogP contribution in [0.2, 0.25) is 0 Å². The molecule has 0 saturated heterocycles. The molecule has 0 unspecified atom stereocenters. The van der Waals surface area contributed by atoms with E-state index in [1.807, 2.05) is 13.8 Å². The summed E-state index contributed by atoms with van der Waals surface area (Å²) in [5.41, 5.74) is 0.497. The Morgan fingerprint density at radius 2 is 1.85 bits per heavy atom. The molecule has 4 rings (SSSR count). The molecule has 27 heavy (non-hydrogen) atoms. The van der Waals surface area contributed by atoms with Crippen molar-refractivity contribution in [3.05, 3.63) is 46.6 Å². The van der Waals surface area contributed by atoms with E-state index in [4.69, 9.17) is 0 Å². The molecular formula is C19H18FN3O3S. The molecule has 0 aliphatic carbocycles. The van der Waals surface area contributed by atoms with Crippen molar-refractivity contribution in [1.82, 2.24) is 15.0 Å². The molecule has 0 fully saturated rings. The number of nitrogens with zero attached hydrogens (tertiary/aromatic N) is 1. The Bertz CT molecular complexity index is 1350. The maximum atomic E-state index is 13.9. The number of pyridine rings is 1. The molecule has 2 aromatic carbocycles. The first-order valence-corrected chi connectivity index (χ1v) is 10.3. The third-order valence-corrected chi connectivity index (χ3v) is 7.31. The van der Waals surface area contributed by atoms with Crippen molar-refractivity contribution in [2.45, 2.75) is 37.1 Å². The van der Waals surface area contributed by atoms with Crippen LogP contribution in [-0.4, -0.2) is 28.6 Å². The molecule has 2 N–H and O–H groups in total. The second-order valence-electron chi connectivity index (χ2n) is 6.53. The Kier molecular flexibility index (Phi) is 4.03. The Hall–Kier alpha value is -2.74. The summed E-state index contributed by atoms with van der Waals surface area (Å²) >= 11 is 0. The average Bonchev–Trinajstić information content (AvgIpc) is 3.09. The molecule has 0 bridgehead atoms. The van der Waals surface area contributed by atoms with Crippen molar-refractivity contribution in [1.29, 1.82) is 0 Å². The van der Waals surface area contributed by atoms with Crippen LogP contribution in [0.1, 0.15) is 26.7 Å². The molecule has 0 spiro atoms. The van der Waals surface area contributed by atoms with Crippen LogP contribution in [0.25, 0.3) is 32.6 Å². The fourth-order valence-electron chi connectivity index (χ4n) is 3.65. The molecule has 0 radical (unpaired) electrons. The summed E-state index contributed by atoms with van der Waals surface area (Å²) in [6.07, 6.45) is 2.43. The minimum Gasteiger partial charge on any atom is -0.329 e. The molecule has 0 amide bonds. The minimum absolute atomic E-state index is 0.121. The van der Waals surface area contributed by atoms with Crippen LogP contribution in [-0.2, 0) is 9.84 Å². The molecule has 0 aliphatic rings. The lowest BCUT2D eigenvalue weighted by molar-refractivity contribution is 0.564. The lowest BCUT2D eigenvalue weighted by atomic mass is 10.0. The minimum atomic E-state index is -3.65. The van der Waals surface area contributed by atoms with E-state index in [1.165, 1.54) is 24.4 Å². The van der Waals surface area contributed by atoms with E-state index < -0.39 is 20.9 Å². The van der Waals surface area contributed by atoms with Crippen molar-refractivity contribution in [3.8, 4) is 0 Å². The third kappa shape index (κ3) is 2.55. The van der Waals surface area contributed by atoms with Crippen molar-refractivity contribution < 1.29 is 12.8 Å². The number of nitrogens with one attached hydrogen (secondary N) is 2. The summed E-state index contributed by atoms with van der Waals surface area (Å²) in [5, 5.41) is 1.07. The zero-order chi connectivity index (χ0) is 19.3. The lowest BCUT2D eigenvalue weighted by Gasteiger charge is -2.10. The number of imidazole rings is 1. The summed E-state index contributed by atoms with van der Waals surface area (Å²) < 4.78 is 39.7. The Balaban J connectivity index is 2.19. The Morgan fingerprint density at radius 1 is 1.11 bits per heavy atom. The number of rotatable bonds is 4. The molecule has 0 aliphatic heterocycles. The van der Waals surface area contributed by atoms with E-state index in [0.717, 1.165) is 0 Å². The van der Waals surface area contributed by atoms with E-state index in [2.05, 4.69) is 15.0 Å². The third-order valence-electron chi connectivity index (χ3n) is 5.04. The molecule has 2 aromatic heterocycles. The quantitative estimate of drug-likeness (QED) is 0.522. The molecular weight excluding hydrogens is 369 g/mol. The molecule has 4 aromatic rings. The first-order chi connectivity index (χ1) is 12.9. The standard InChI is InChI=1S/C19H18FN3O3S/c1-3-11(4-2)27(25,26)19-22-16-12-6-5-10(20)9-14(12)15-13(17(16)23-19)7-8-21-18(15)24/h5-9,11H,3-4H2,1-2H3,(H,21,24)(H,22,23). The molecule has 0 saturated carbocycles. The van der Waals surface area contributed by atoms with E-state index in [0.29, 0.717) is 45.4 Å². The van der Waals surface area contributed by atoms with Gasteiger partial charge in [-0.15, -0.1) is 0 Å². The van der Waals surface area contributed by atoms with Crippen LogP contribution in [0.5, 0.6) is 0 Å². The van der Waals surface area contributed by atoms with Crippen molar-refractivity contribution >= 4 is 42.4 Å². The van der Waals surface area contributed by atoms with E-state index >= 15 is 0 Å². The molecule has 6 nitrogen and oxygen atoms in total. The van der Waals surface area contributed by atoms with Gasteiger partial charge >= 0.3 is 0 Å².